The molecule has 1 aromatic rings. The molecule has 1 fully saturated rings. The second-order valence-corrected chi connectivity index (χ2v) is 12.2. The van der Waals surface area contributed by atoms with Crippen LogP contribution in [0, 0.1) is 0 Å². The first-order valence-corrected chi connectivity index (χ1v) is 14.2. The molecule has 0 spiro atoms. The molecule has 9 nitrogen and oxygen atoms in total. The summed E-state index contributed by atoms with van der Waals surface area (Å²) in [7, 11) is -1.13. The molecule has 0 aliphatic carbocycles. The Morgan fingerprint density at radius 1 is 1.28 bits per heavy atom. The molecular weight excluding hydrogens is 480 g/mol. The summed E-state index contributed by atoms with van der Waals surface area (Å²) in [4.78, 5) is 30.9. The second-order valence-electron chi connectivity index (χ2n) is 10.1. The van der Waals surface area contributed by atoms with Gasteiger partial charge >= 0.3 is 6.09 Å². The molecule has 0 saturated carbocycles. The summed E-state index contributed by atoms with van der Waals surface area (Å²) >= 11 is 0. The third-order valence-electron chi connectivity index (χ3n) is 6.72. The molecule has 3 rings (SSSR count). The molecule has 1 saturated heterocycles. The molecule has 0 radical (unpaired) electrons. The van der Waals surface area contributed by atoms with E-state index in [0.29, 0.717) is 56.9 Å². The highest BCUT2D eigenvalue weighted by molar-refractivity contribution is 7.89. The molecule has 10 heteroatoms. The van der Waals surface area contributed by atoms with Crippen molar-refractivity contribution in [2.24, 2.45) is 0 Å². The lowest BCUT2D eigenvalue weighted by molar-refractivity contribution is -0.117. The van der Waals surface area contributed by atoms with Crippen molar-refractivity contribution in [2.75, 3.05) is 55.3 Å². The maximum atomic E-state index is 13.0. The Morgan fingerprint density at radius 2 is 2.00 bits per heavy atom. The van der Waals surface area contributed by atoms with Gasteiger partial charge in [-0.25, -0.2) is 17.5 Å². The monoisotopic (exact) mass is 520 g/mol. The topological polar surface area (TPSA) is 90.5 Å². The highest BCUT2D eigenvalue weighted by Gasteiger charge is 2.35. The van der Waals surface area contributed by atoms with E-state index in [0.717, 1.165) is 5.56 Å². The molecule has 200 valence electrons. The molecule has 0 aromatic heterocycles. The number of allylic oxidation sites excluding steroid dienone is 1. The van der Waals surface area contributed by atoms with Crippen molar-refractivity contribution in [3.8, 4) is 0 Å². The fourth-order valence-electron chi connectivity index (χ4n) is 5.02. The quantitative estimate of drug-likeness (QED) is 0.464. The van der Waals surface area contributed by atoms with Gasteiger partial charge in [0.05, 0.1) is 29.3 Å². The number of hydrogen-bond acceptors (Lipinski definition) is 6. The number of sulfonamides is 1. The Morgan fingerprint density at radius 3 is 2.58 bits per heavy atom. The molecule has 1 aromatic carbocycles. The van der Waals surface area contributed by atoms with E-state index < -0.39 is 16.1 Å². The van der Waals surface area contributed by atoms with Crippen LogP contribution in [0.3, 0.4) is 0 Å². The van der Waals surface area contributed by atoms with Crippen molar-refractivity contribution in [3.63, 3.8) is 0 Å². The number of fused-ring (bicyclic) bond motifs is 1. The van der Waals surface area contributed by atoms with Crippen LogP contribution < -0.4 is 9.80 Å². The van der Waals surface area contributed by atoms with E-state index >= 15 is 0 Å². The van der Waals surface area contributed by atoms with Gasteiger partial charge in [-0.05, 0) is 58.4 Å². The maximum absolute atomic E-state index is 13.0. The van der Waals surface area contributed by atoms with E-state index in [4.69, 9.17) is 4.74 Å². The minimum absolute atomic E-state index is 0.0763. The van der Waals surface area contributed by atoms with Crippen molar-refractivity contribution >= 4 is 33.4 Å². The number of anilines is 2. The number of nitrogens with zero attached hydrogens (tertiary/aromatic N) is 4. The normalized spacial score (nSPS) is 20.5. The van der Waals surface area contributed by atoms with Crippen molar-refractivity contribution in [1.82, 2.24) is 9.21 Å². The largest absolute Gasteiger partial charge is 0.446 e. The summed E-state index contributed by atoms with van der Waals surface area (Å²) in [5.74, 6) is 0.241. The summed E-state index contributed by atoms with van der Waals surface area (Å²) in [6.45, 7) is 13.7. The second kappa shape index (κ2) is 11.7. The van der Waals surface area contributed by atoms with Gasteiger partial charge in [0.1, 0.15) is 0 Å². The minimum Gasteiger partial charge on any atom is -0.446 e. The predicted molar refractivity (Wildman–Crippen MR) is 143 cm³/mol. The zero-order valence-electron chi connectivity index (χ0n) is 22.1. The van der Waals surface area contributed by atoms with E-state index in [1.807, 2.05) is 52.1 Å². The highest BCUT2D eigenvalue weighted by Crippen LogP contribution is 2.39. The van der Waals surface area contributed by atoms with Gasteiger partial charge in [-0.3, -0.25) is 9.69 Å². The van der Waals surface area contributed by atoms with Gasteiger partial charge in [0, 0.05) is 45.6 Å². The molecule has 2 aliphatic rings. The van der Waals surface area contributed by atoms with Gasteiger partial charge in [0.2, 0.25) is 15.9 Å². The number of carbonyl (C=O) groups excluding carboxylic acids is 2. The standard InChI is InChI=1S/C26H40N4O5S/c1-7-9-23(18-27(6)13-14-28-12-8-15-36(28,33)34)22-10-11-24-25(16-22)29(26(32)35-19(2)3)17-20(4)30(24)21(5)31/h7,10-11,16,19-20,23H,1,8-9,12-15,17-18H2,2-6H3. The van der Waals surface area contributed by atoms with Crippen molar-refractivity contribution < 1.29 is 22.7 Å². The maximum Gasteiger partial charge on any atom is 0.414 e. The van der Waals surface area contributed by atoms with E-state index in [1.54, 1.807) is 14.1 Å². The first kappa shape index (κ1) is 28.1. The average molecular weight is 521 g/mol. The van der Waals surface area contributed by atoms with Crippen LogP contribution in [0.1, 0.15) is 52.0 Å². The smallest absolute Gasteiger partial charge is 0.414 e. The Kier molecular flexibility index (Phi) is 9.18. The molecule has 2 heterocycles. The Labute approximate surface area is 215 Å². The molecule has 2 aliphatic heterocycles. The van der Waals surface area contributed by atoms with E-state index in [9.17, 15) is 18.0 Å². The van der Waals surface area contributed by atoms with E-state index in [2.05, 4.69) is 11.5 Å². The first-order chi connectivity index (χ1) is 16.9. The lowest BCUT2D eigenvalue weighted by Crippen LogP contribution is -2.51. The van der Waals surface area contributed by atoms with Crippen molar-refractivity contribution in [1.29, 1.82) is 0 Å². The highest BCUT2D eigenvalue weighted by atomic mass is 32.2. The van der Waals surface area contributed by atoms with Gasteiger partial charge in [-0.15, -0.1) is 6.58 Å². The Hall–Kier alpha value is -2.43. The number of amides is 2. The van der Waals surface area contributed by atoms with Crippen LogP contribution in [0.5, 0.6) is 0 Å². The third kappa shape index (κ3) is 6.46. The summed E-state index contributed by atoms with van der Waals surface area (Å²) in [6.07, 6.45) is 2.59. The summed E-state index contributed by atoms with van der Waals surface area (Å²) in [6, 6.07) is 5.71. The van der Waals surface area contributed by atoms with Crippen molar-refractivity contribution in [3.05, 3.63) is 36.4 Å². The Bertz CT molecular complexity index is 1070. The van der Waals surface area contributed by atoms with E-state index in [-0.39, 0.29) is 29.7 Å². The summed E-state index contributed by atoms with van der Waals surface area (Å²) in [5.41, 5.74) is 2.37. The van der Waals surface area contributed by atoms with Crippen LogP contribution in [-0.2, 0) is 19.6 Å². The fourth-order valence-corrected chi connectivity index (χ4v) is 6.54. The summed E-state index contributed by atoms with van der Waals surface area (Å²) in [5, 5.41) is 0. The number of ether oxygens (including phenoxy) is 1. The van der Waals surface area contributed by atoms with Crippen LogP contribution in [-0.4, -0.2) is 87.3 Å². The predicted octanol–water partition coefficient (Wildman–Crippen LogP) is 3.42. The molecule has 36 heavy (non-hydrogen) atoms. The SMILES string of the molecule is C=CCC(CN(C)CCN1CCCS1(=O)=O)c1ccc2c(c1)N(C(=O)OC(C)C)CC(C)N2C(C)=O. The molecular formula is C26H40N4O5S. The van der Waals surface area contributed by atoms with Gasteiger partial charge in [0.25, 0.3) is 0 Å². The lowest BCUT2D eigenvalue weighted by Gasteiger charge is -2.41. The van der Waals surface area contributed by atoms with Crippen LogP contribution in [0.2, 0.25) is 0 Å². The van der Waals surface area contributed by atoms with Crippen LogP contribution >= 0.6 is 0 Å². The molecule has 2 atom stereocenters. The Balaban J connectivity index is 1.85. The molecule has 2 amide bonds. The van der Waals surface area contributed by atoms with Gasteiger partial charge in [-0.1, -0.05) is 12.1 Å². The van der Waals surface area contributed by atoms with Gasteiger partial charge in [0.15, 0.2) is 0 Å². The summed E-state index contributed by atoms with van der Waals surface area (Å²) < 4.78 is 31.3. The van der Waals surface area contributed by atoms with Crippen LogP contribution in [0.15, 0.2) is 30.9 Å². The van der Waals surface area contributed by atoms with Crippen LogP contribution in [0.4, 0.5) is 16.2 Å². The third-order valence-corrected chi connectivity index (χ3v) is 8.68. The van der Waals surface area contributed by atoms with Gasteiger partial charge < -0.3 is 14.5 Å². The van der Waals surface area contributed by atoms with Gasteiger partial charge in [-0.2, -0.15) is 0 Å². The zero-order valence-corrected chi connectivity index (χ0v) is 23.0. The number of rotatable bonds is 9. The molecule has 0 N–H and O–H groups in total. The van der Waals surface area contributed by atoms with Crippen LogP contribution in [0.25, 0.3) is 0 Å². The number of benzene rings is 1. The number of carbonyl (C=O) groups is 2. The fraction of sp³-hybridized carbons (Fsp3) is 0.615. The number of likely N-dealkylation sites (N-methyl/N-ethyl adjacent to an activating group) is 1. The minimum atomic E-state index is -3.11. The lowest BCUT2D eigenvalue weighted by atomic mass is 9.93. The van der Waals surface area contributed by atoms with Crippen molar-refractivity contribution in [2.45, 2.75) is 58.6 Å². The first-order valence-electron chi connectivity index (χ1n) is 12.6. The average Bonchev–Trinajstić information content (AvgIpc) is 3.13. The zero-order chi connectivity index (χ0) is 26.6. The molecule has 0 bridgehead atoms. The molecule has 2 unspecified atom stereocenters. The van der Waals surface area contributed by atoms with E-state index in [1.165, 1.54) is 6.92 Å². The number of hydrogen-bond donors (Lipinski definition) is 0.